The molecule has 0 saturated carbocycles. The molecule has 1 heterocycles. The van der Waals surface area contributed by atoms with Crippen molar-refractivity contribution in [3.05, 3.63) is 22.4 Å². The zero-order valence-corrected chi connectivity index (χ0v) is 11.7. The van der Waals surface area contributed by atoms with Crippen molar-refractivity contribution < 1.29 is 9.90 Å². The lowest BCUT2D eigenvalue weighted by Crippen LogP contribution is -2.34. The van der Waals surface area contributed by atoms with Crippen molar-refractivity contribution in [2.24, 2.45) is 0 Å². The highest BCUT2D eigenvalue weighted by molar-refractivity contribution is 9.10. The van der Waals surface area contributed by atoms with Gasteiger partial charge in [0.2, 0.25) is 0 Å². The molecule has 1 aromatic heterocycles. The Labute approximate surface area is 110 Å². The molecule has 0 fully saturated rings. The van der Waals surface area contributed by atoms with Gasteiger partial charge in [0, 0.05) is 23.8 Å². The first-order valence-corrected chi connectivity index (χ1v) is 6.72. The summed E-state index contributed by atoms with van der Waals surface area (Å²) in [5.74, 6) is -0.0548. The van der Waals surface area contributed by atoms with Gasteiger partial charge < -0.3 is 15.0 Å². The van der Waals surface area contributed by atoms with Crippen LogP contribution in [0.3, 0.4) is 0 Å². The third-order valence-electron chi connectivity index (χ3n) is 2.57. The molecule has 4 nitrogen and oxygen atoms in total. The van der Waals surface area contributed by atoms with Crippen LogP contribution in [0.1, 0.15) is 36.7 Å². The Balaban J connectivity index is 2.59. The van der Waals surface area contributed by atoms with Crippen LogP contribution in [0.15, 0.2) is 16.7 Å². The van der Waals surface area contributed by atoms with Crippen LogP contribution in [0.4, 0.5) is 0 Å². The van der Waals surface area contributed by atoms with Crippen LogP contribution in [-0.2, 0) is 0 Å². The molecule has 0 aliphatic rings. The number of H-pyrrole nitrogens is 1. The highest BCUT2D eigenvalue weighted by Gasteiger charge is 2.16. The van der Waals surface area contributed by atoms with Gasteiger partial charge in [0.25, 0.3) is 5.91 Å². The summed E-state index contributed by atoms with van der Waals surface area (Å²) in [6, 6.07) is 1.76. The molecule has 0 spiro atoms. The monoisotopic (exact) mass is 302 g/mol. The smallest absolute Gasteiger partial charge is 0.270 e. The highest BCUT2D eigenvalue weighted by Crippen LogP contribution is 2.13. The minimum atomic E-state index is -0.0548. The summed E-state index contributed by atoms with van der Waals surface area (Å²) in [6.45, 7) is 3.21. The van der Waals surface area contributed by atoms with E-state index >= 15 is 0 Å². The van der Waals surface area contributed by atoms with Gasteiger partial charge in [-0.1, -0.05) is 19.8 Å². The van der Waals surface area contributed by atoms with E-state index in [4.69, 9.17) is 5.11 Å². The average Bonchev–Trinajstić information content (AvgIpc) is 2.74. The maximum atomic E-state index is 12.1. The van der Waals surface area contributed by atoms with Gasteiger partial charge in [0.1, 0.15) is 5.69 Å². The quantitative estimate of drug-likeness (QED) is 0.760. The molecule has 1 rings (SSSR count). The normalized spacial score (nSPS) is 10.5. The largest absolute Gasteiger partial charge is 0.395 e. The van der Waals surface area contributed by atoms with E-state index in [1.165, 1.54) is 0 Å². The molecule has 1 aromatic rings. The Hall–Kier alpha value is -0.810. The molecular formula is C12H19BrN2O2. The van der Waals surface area contributed by atoms with Crippen LogP contribution in [0.25, 0.3) is 0 Å². The SMILES string of the molecule is CCCCCN(CCO)C(=O)c1cc(Br)c[nH]1. The molecule has 0 aromatic carbocycles. The number of aromatic amines is 1. The number of halogens is 1. The Morgan fingerprint density at radius 3 is 2.76 bits per heavy atom. The first-order valence-electron chi connectivity index (χ1n) is 5.93. The molecular weight excluding hydrogens is 284 g/mol. The minimum Gasteiger partial charge on any atom is -0.395 e. The van der Waals surface area contributed by atoms with Crippen LogP contribution in [-0.4, -0.2) is 40.6 Å². The second-order valence-electron chi connectivity index (χ2n) is 3.95. The van der Waals surface area contributed by atoms with Crippen LogP contribution >= 0.6 is 15.9 Å². The molecule has 0 radical (unpaired) electrons. The van der Waals surface area contributed by atoms with E-state index in [1.807, 2.05) is 0 Å². The minimum absolute atomic E-state index is 0.000255. The van der Waals surface area contributed by atoms with Gasteiger partial charge in [-0.05, 0) is 28.4 Å². The molecule has 0 aliphatic heterocycles. The summed E-state index contributed by atoms with van der Waals surface area (Å²) >= 11 is 3.30. The number of nitrogens with zero attached hydrogens (tertiary/aromatic N) is 1. The van der Waals surface area contributed by atoms with Gasteiger partial charge in [-0.25, -0.2) is 0 Å². The number of hydrogen-bond acceptors (Lipinski definition) is 2. The van der Waals surface area contributed by atoms with Gasteiger partial charge >= 0.3 is 0 Å². The molecule has 1 amide bonds. The summed E-state index contributed by atoms with van der Waals surface area (Å²) in [7, 11) is 0. The maximum absolute atomic E-state index is 12.1. The van der Waals surface area contributed by atoms with E-state index in [0.717, 1.165) is 23.7 Å². The molecule has 96 valence electrons. The first-order chi connectivity index (χ1) is 8.19. The van der Waals surface area contributed by atoms with Crippen LogP contribution in [0.5, 0.6) is 0 Å². The molecule has 0 bridgehead atoms. The van der Waals surface area contributed by atoms with Crippen LogP contribution in [0, 0.1) is 0 Å². The van der Waals surface area contributed by atoms with Crippen LogP contribution in [0.2, 0.25) is 0 Å². The molecule has 0 saturated heterocycles. The van der Waals surface area contributed by atoms with Crippen molar-refractivity contribution in [3.63, 3.8) is 0 Å². The fraction of sp³-hybridized carbons (Fsp3) is 0.583. The van der Waals surface area contributed by atoms with E-state index in [9.17, 15) is 4.79 Å². The summed E-state index contributed by atoms with van der Waals surface area (Å²) < 4.78 is 0.860. The second-order valence-corrected chi connectivity index (χ2v) is 4.87. The van der Waals surface area contributed by atoms with Gasteiger partial charge in [0.15, 0.2) is 0 Å². The lowest BCUT2D eigenvalue weighted by molar-refractivity contribution is 0.0713. The number of amides is 1. The number of carbonyl (C=O) groups is 1. The lowest BCUT2D eigenvalue weighted by Gasteiger charge is -2.20. The first kappa shape index (κ1) is 14.3. The van der Waals surface area contributed by atoms with Crippen molar-refractivity contribution in [1.29, 1.82) is 0 Å². The van der Waals surface area contributed by atoms with Gasteiger partial charge in [-0.3, -0.25) is 4.79 Å². The Morgan fingerprint density at radius 1 is 1.47 bits per heavy atom. The van der Waals surface area contributed by atoms with E-state index in [-0.39, 0.29) is 12.5 Å². The number of hydrogen-bond donors (Lipinski definition) is 2. The third kappa shape index (κ3) is 4.52. The Bertz CT molecular complexity index is 352. The fourth-order valence-electron chi connectivity index (χ4n) is 1.65. The number of unbranched alkanes of at least 4 members (excludes halogenated alkanes) is 2. The molecule has 5 heteroatoms. The lowest BCUT2D eigenvalue weighted by atomic mass is 10.2. The fourth-order valence-corrected chi connectivity index (χ4v) is 1.99. The van der Waals surface area contributed by atoms with Gasteiger partial charge in [-0.15, -0.1) is 0 Å². The number of carbonyl (C=O) groups excluding carboxylic acids is 1. The topological polar surface area (TPSA) is 56.3 Å². The Morgan fingerprint density at radius 2 is 2.24 bits per heavy atom. The van der Waals surface area contributed by atoms with Crippen molar-refractivity contribution in [1.82, 2.24) is 9.88 Å². The molecule has 0 atom stereocenters. The molecule has 2 N–H and O–H groups in total. The molecule has 17 heavy (non-hydrogen) atoms. The summed E-state index contributed by atoms with van der Waals surface area (Å²) in [6.07, 6.45) is 4.93. The number of nitrogens with one attached hydrogen (secondary N) is 1. The Kier molecular flexibility index (Phi) is 6.29. The van der Waals surface area contributed by atoms with Crippen molar-refractivity contribution in [2.45, 2.75) is 26.2 Å². The predicted molar refractivity (Wildman–Crippen MR) is 71.0 cm³/mol. The summed E-state index contributed by atoms with van der Waals surface area (Å²) in [5.41, 5.74) is 0.557. The van der Waals surface area contributed by atoms with Crippen molar-refractivity contribution in [3.8, 4) is 0 Å². The van der Waals surface area contributed by atoms with Gasteiger partial charge in [-0.2, -0.15) is 0 Å². The molecule has 0 aliphatic carbocycles. The number of aromatic nitrogens is 1. The second kappa shape index (κ2) is 7.50. The number of aliphatic hydroxyl groups excluding tert-OH is 1. The van der Waals surface area contributed by atoms with E-state index < -0.39 is 0 Å². The summed E-state index contributed by atoms with van der Waals surface area (Å²) in [5, 5.41) is 8.98. The predicted octanol–water partition coefficient (Wildman–Crippen LogP) is 2.40. The third-order valence-corrected chi connectivity index (χ3v) is 3.02. The number of aliphatic hydroxyl groups is 1. The zero-order valence-electron chi connectivity index (χ0n) is 10.1. The summed E-state index contributed by atoms with van der Waals surface area (Å²) in [4.78, 5) is 16.7. The highest BCUT2D eigenvalue weighted by atomic mass is 79.9. The van der Waals surface area contributed by atoms with E-state index in [2.05, 4.69) is 27.8 Å². The average molecular weight is 303 g/mol. The van der Waals surface area contributed by atoms with Crippen LogP contribution < -0.4 is 0 Å². The van der Waals surface area contributed by atoms with Crippen molar-refractivity contribution in [2.75, 3.05) is 19.7 Å². The van der Waals surface area contributed by atoms with E-state index in [1.54, 1.807) is 17.2 Å². The maximum Gasteiger partial charge on any atom is 0.270 e. The standard InChI is InChI=1S/C12H19BrN2O2/c1-2-3-4-5-15(6-7-16)12(17)11-8-10(13)9-14-11/h8-9,14,16H,2-7H2,1H3. The van der Waals surface area contributed by atoms with Gasteiger partial charge in [0.05, 0.1) is 6.61 Å². The van der Waals surface area contributed by atoms with Crippen molar-refractivity contribution >= 4 is 21.8 Å². The zero-order chi connectivity index (χ0) is 12.7. The van der Waals surface area contributed by atoms with E-state index in [0.29, 0.717) is 18.8 Å². The molecule has 0 unspecified atom stereocenters. The number of rotatable bonds is 7.